The van der Waals surface area contributed by atoms with E-state index in [2.05, 4.69) is 31.8 Å². The van der Waals surface area contributed by atoms with Crippen LogP contribution in [0.5, 0.6) is 5.75 Å². The smallest absolute Gasteiger partial charge is 0.240 e. The molecule has 0 fully saturated rings. The Hall–Kier alpha value is -2.58. The molecule has 2 amide bonds. The van der Waals surface area contributed by atoms with Crippen LogP contribution in [0.3, 0.4) is 0 Å². The molecule has 6 nitrogen and oxygen atoms in total. The number of hydrazone groups is 1. The zero-order chi connectivity index (χ0) is 24.5. The van der Waals surface area contributed by atoms with Crippen molar-refractivity contribution in [1.29, 1.82) is 0 Å². The van der Waals surface area contributed by atoms with Crippen LogP contribution in [0.15, 0.2) is 70.2 Å². The highest BCUT2D eigenvalue weighted by atomic mass is 79.9. The van der Waals surface area contributed by atoms with Crippen LogP contribution in [0.2, 0.25) is 15.1 Å². The number of carbonyl (C=O) groups excluding carboxylic acids is 2. The number of amides is 2. The fraction of sp³-hybridized carbons (Fsp3) is 0.125. The van der Waals surface area contributed by atoms with E-state index in [1.54, 1.807) is 54.6 Å². The zero-order valence-electron chi connectivity index (χ0n) is 17.7. The molecule has 0 aromatic heterocycles. The molecule has 0 saturated heterocycles. The van der Waals surface area contributed by atoms with Gasteiger partial charge in [-0.25, -0.2) is 5.43 Å². The van der Waals surface area contributed by atoms with Crippen molar-refractivity contribution in [1.82, 2.24) is 5.43 Å². The van der Waals surface area contributed by atoms with E-state index in [0.29, 0.717) is 31.0 Å². The summed E-state index contributed by atoms with van der Waals surface area (Å²) >= 11 is 21.5. The lowest BCUT2D eigenvalue weighted by Crippen LogP contribution is -2.20. The molecule has 0 saturated carbocycles. The Kier molecular flexibility index (Phi) is 9.77. The molecule has 0 radical (unpaired) electrons. The Morgan fingerprint density at radius 3 is 2.44 bits per heavy atom. The van der Waals surface area contributed by atoms with E-state index in [9.17, 15) is 9.59 Å². The Morgan fingerprint density at radius 2 is 1.71 bits per heavy atom. The van der Waals surface area contributed by atoms with Crippen LogP contribution in [0.25, 0.3) is 0 Å². The summed E-state index contributed by atoms with van der Waals surface area (Å²) in [6.45, 7) is 0.280. The van der Waals surface area contributed by atoms with Crippen LogP contribution in [-0.4, -0.2) is 18.0 Å². The number of para-hydroxylation sites is 1. The van der Waals surface area contributed by atoms with Gasteiger partial charge in [-0.1, -0.05) is 53.0 Å². The van der Waals surface area contributed by atoms with Gasteiger partial charge in [0.2, 0.25) is 11.8 Å². The molecule has 3 rings (SSSR count). The van der Waals surface area contributed by atoms with E-state index in [1.807, 2.05) is 6.07 Å². The van der Waals surface area contributed by atoms with Gasteiger partial charge in [0, 0.05) is 28.5 Å². The minimum absolute atomic E-state index is 0.00178. The van der Waals surface area contributed by atoms with E-state index < -0.39 is 0 Å². The van der Waals surface area contributed by atoms with Gasteiger partial charge in [-0.2, -0.15) is 5.10 Å². The summed E-state index contributed by atoms with van der Waals surface area (Å²) < 4.78 is 6.52. The molecule has 34 heavy (non-hydrogen) atoms. The Bertz CT molecular complexity index is 1220. The molecule has 10 heteroatoms. The molecular formula is C24H19BrCl3N3O3. The number of anilines is 1. The van der Waals surface area contributed by atoms with Gasteiger partial charge >= 0.3 is 0 Å². The number of ether oxygens (including phenoxy) is 1. The molecule has 0 aliphatic heterocycles. The first-order valence-electron chi connectivity index (χ1n) is 10.0. The first kappa shape index (κ1) is 26.0. The van der Waals surface area contributed by atoms with E-state index in [0.717, 1.165) is 11.1 Å². The number of hydrogen-bond donors (Lipinski definition) is 2. The summed E-state index contributed by atoms with van der Waals surface area (Å²) in [4.78, 5) is 24.0. The van der Waals surface area contributed by atoms with E-state index >= 15 is 0 Å². The van der Waals surface area contributed by atoms with Gasteiger partial charge in [0.25, 0.3) is 0 Å². The van der Waals surface area contributed by atoms with Gasteiger partial charge in [0.15, 0.2) is 0 Å². The van der Waals surface area contributed by atoms with Crippen molar-refractivity contribution < 1.29 is 14.3 Å². The normalized spacial score (nSPS) is 10.8. The van der Waals surface area contributed by atoms with Crippen molar-refractivity contribution >= 4 is 74.4 Å². The van der Waals surface area contributed by atoms with E-state index in [-0.39, 0.29) is 31.3 Å². The summed E-state index contributed by atoms with van der Waals surface area (Å²) in [6, 6.07) is 17.5. The van der Waals surface area contributed by atoms with Gasteiger partial charge in [-0.3, -0.25) is 9.59 Å². The highest BCUT2D eigenvalue weighted by Gasteiger charge is 2.09. The third kappa shape index (κ3) is 8.02. The Morgan fingerprint density at radius 1 is 0.941 bits per heavy atom. The first-order chi connectivity index (χ1) is 16.3. The van der Waals surface area contributed by atoms with Crippen LogP contribution >= 0.6 is 50.7 Å². The van der Waals surface area contributed by atoms with Crippen LogP contribution in [0, 0.1) is 0 Å². The second kappa shape index (κ2) is 12.8. The predicted molar refractivity (Wildman–Crippen MR) is 140 cm³/mol. The average molecular weight is 584 g/mol. The van der Waals surface area contributed by atoms with E-state index in [4.69, 9.17) is 39.5 Å². The number of rotatable bonds is 9. The molecule has 0 bridgehead atoms. The van der Waals surface area contributed by atoms with Crippen molar-refractivity contribution in [3.05, 3.63) is 91.3 Å². The average Bonchev–Trinajstić information content (AvgIpc) is 2.80. The fourth-order valence-corrected chi connectivity index (χ4v) is 3.90. The minimum Gasteiger partial charge on any atom is -0.488 e. The third-order valence-electron chi connectivity index (χ3n) is 4.48. The number of nitrogens with one attached hydrogen (secondary N) is 2. The van der Waals surface area contributed by atoms with Crippen molar-refractivity contribution in [2.75, 3.05) is 5.32 Å². The molecule has 0 heterocycles. The second-order valence-corrected chi connectivity index (χ2v) is 9.14. The monoisotopic (exact) mass is 581 g/mol. The molecule has 0 aliphatic rings. The number of nitrogens with zero attached hydrogens (tertiary/aromatic N) is 1. The lowest BCUT2D eigenvalue weighted by molar-refractivity contribution is -0.124. The van der Waals surface area contributed by atoms with Gasteiger partial charge in [0.05, 0.1) is 21.4 Å². The quantitative estimate of drug-likeness (QED) is 0.213. The summed E-state index contributed by atoms with van der Waals surface area (Å²) in [5, 5.41) is 8.12. The summed E-state index contributed by atoms with van der Waals surface area (Å²) in [6.07, 6.45) is 1.48. The van der Waals surface area contributed by atoms with Crippen LogP contribution in [0.1, 0.15) is 24.0 Å². The van der Waals surface area contributed by atoms with Gasteiger partial charge in [-0.05, 0) is 64.0 Å². The molecule has 0 spiro atoms. The summed E-state index contributed by atoms with van der Waals surface area (Å²) in [7, 11) is 0. The van der Waals surface area contributed by atoms with Gasteiger partial charge in [0.1, 0.15) is 12.4 Å². The predicted octanol–water partition coefficient (Wildman–Crippen LogP) is 6.86. The number of carbonyl (C=O) groups is 2. The van der Waals surface area contributed by atoms with Crippen molar-refractivity contribution in [3.8, 4) is 5.75 Å². The Labute approximate surface area is 220 Å². The third-order valence-corrected chi connectivity index (χ3v) is 6.02. The largest absolute Gasteiger partial charge is 0.488 e. The van der Waals surface area contributed by atoms with Crippen LogP contribution in [0.4, 0.5) is 5.69 Å². The van der Waals surface area contributed by atoms with Crippen molar-refractivity contribution in [2.45, 2.75) is 19.4 Å². The molecule has 0 unspecified atom stereocenters. The maximum absolute atomic E-state index is 12.0. The van der Waals surface area contributed by atoms with Crippen LogP contribution < -0.4 is 15.5 Å². The molecular weight excluding hydrogens is 565 g/mol. The first-order valence-corrected chi connectivity index (χ1v) is 12.0. The lowest BCUT2D eigenvalue weighted by atomic mass is 10.2. The van der Waals surface area contributed by atoms with Gasteiger partial charge in [-0.15, -0.1) is 0 Å². The maximum Gasteiger partial charge on any atom is 0.240 e. The van der Waals surface area contributed by atoms with Crippen LogP contribution in [-0.2, 0) is 16.2 Å². The minimum atomic E-state index is -0.385. The lowest BCUT2D eigenvalue weighted by Gasteiger charge is -2.10. The van der Waals surface area contributed by atoms with Gasteiger partial charge < -0.3 is 10.1 Å². The highest BCUT2D eigenvalue weighted by molar-refractivity contribution is 9.10. The standard InChI is InChI=1S/C24H19BrCl3N3O3/c25-18-11-15(5-8-22(18)34-14-16-6-7-17(26)12-20(16)28)13-29-31-24(33)10-9-23(32)30-21-4-2-1-3-19(21)27/h1-8,11-13H,9-10,14H2,(H,30,32)(H,31,33). The molecule has 176 valence electrons. The maximum atomic E-state index is 12.0. The van der Waals surface area contributed by atoms with Crippen molar-refractivity contribution in [3.63, 3.8) is 0 Å². The molecule has 0 aliphatic carbocycles. The topological polar surface area (TPSA) is 79.8 Å². The SMILES string of the molecule is O=C(CCC(=O)Nc1ccccc1Cl)NN=Cc1ccc(OCc2ccc(Cl)cc2Cl)c(Br)c1. The molecule has 0 atom stereocenters. The number of halogens is 4. The Balaban J connectivity index is 1.45. The zero-order valence-corrected chi connectivity index (χ0v) is 21.5. The van der Waals surface area contributed by atoms with E-state index in [1.165, 1.54) is 6.21 Å². The number of hydrogen-bond acceptors (Lipinski definition) is 4. The molecule has 2 N–H and O–H groups in total. The highest BCUT2D eigenvalue weighted by Crippen LogP contribution is 2.28. The number of benzene rings is 3. The second-order valence-electron chi connectivity index (χ2n) is 7.04. The van der Waals surface area contributed by atoms with Crippen molar-refractivity contribution in [2.24, 2.45) is 5.10 Å². The molecule has 3 aromatic rings. The summed E-state index contributed by atoms with van der Waals surface area (Å²) in [5.74, 6) is -0.0761. The fourth-order valence-electron chi connectivity index (χ4n) is 2.75. The summed E-state index contributed by atoms with van der Waals surface area (Å²) in [5.41, 5.74) is 4.46. The molecule has 3 aromatic carbocycles.